The second kappa shape index (κ2) is 4.52. The number of rotatable bonds is 0. The number of fused-ring (bicyclic) bond motifs is 5. The van der Waals surface area contributed by atoms with Crippen molar-refractivity contribution in [1.82, 2.24) is 0 Å². The first-order valence-electron chi connectivity index (χ1n) is 9.95. The van der Waals surface area contributed by atoms with Crippen molar-refractivity contribution in [1.29, 1.82) is 0 Å². The van der Waals surface area contributed by atoms with Crippen molar-refractivity contribution in [2.24, 2.45) is 33.5 Å². The van der Waals surface area contributed by atoms with Crippen LogP contribution in [0.15, 0.2) is 0 Å². The van der Waals surface area contributed by atoms with Gasteiger partial charge in [0.15, 0.2) is 0 Å². The van der Waals surface area contributed by atoms with Crippen LogP contribution in [-0.4, -0.2) is 11.2 Å². The quantitative estimate of drug-likeness (QED) is 0.621. The van der Waals surface area contributed by atoms with Crippen molar-refractivity contribution in [2.45, 2.75) is 98.0 Å². The second-order valence-electron chi connectivity index (χ2n) is 10.4. The van der Waals surface area contributed by atoms with Crippen LogP contribution in [0.4, 0.5) is 0 Å². The SMILES string of the molecule is CC12CCCC[C@]1(C)CCC1C2CCC2(C)C(O)CC[C@@]12C. The highest BCUT2D eigenvalue weighted by Gasteiger charge is 2.66. The first kappa shape index (κ1) is 15.5. The molecule has 0 amide bonds. The first-order chi connectivity index (χ1) is 10.3. The van der Waals surface area contributed by atoms with Gasteiger partial charge < -0.3 is 5.11 Å². The molecule has 0 spiro atoms. The summed E-state index contributed by atoms with van der Waals surface area (Å²) >= 11 is 0. The average Bonchev–Trinajstić information content (AvgIpc) is 2.72. The summed E-state index contributed by atoms with van der Waals surface area (Å²) in [5.41, 5.74) is 1.73. The fourth-order valence-electron chi connectivity index (χ4n) is 7.98. The Morgan fingerprint density at radius 2 is 1.23 bits per heavy atom. The van der Waals surface area contributed by atoms with Crippen LogP contribution in [0.1, 0.15) is 91.9 Å². The third-order valence-electron chi connectivity index (χ3n) is 10.1. The lowest BCUT2D eigenvalue weighted by Gasteiger charge is -2.67. The highest BCUT2D eigenvalue weighted by atomic mass is 16.3. The van der Waals surface area contributed by atoms with Gasteiger partial charge in [-0.2, -0.15) is 0 Å². The zero-order valence-corrected chi connectivity index (χ0v) is 15.3. The van der Waals surface area contributed by atoms with Crippen LogP contribution in [-0.2, 0) is 0 Å². The summed E-state index contributed by atoms with van der Waals surface area (Å²) < 4.78 is 0. The van der Waals surface area contributed by atoms with E-state index in [0.29, 0.717) is 16.2 Å². The molecule has 4 aliphatic carbocycles. The van der Waals surface area contributed by atoms with Crippen molar-refractivity contribution in [3.05, 3.63) is 0 Å². The van der Waals surface area contributed by atoms with Gasteiger partial charge in [0.25, 0.3) is 0 Å². The van der Waals surface area contributed by atoms with Crippen LogP contribution in [0, 0.1) is 33.5 Å². The Morgan fingerprint density at radius 3 is 2.00 bits per heavy atom. The molecule has 0 aliphatic heterocycles. The van der Waals surface area contributed by atoms with E-state index in [2.05, 4.69) is 27.7 Å². The van der Waals surface area contributed by atoms with Crippen molar-refractivity contribution in [3.63, 3.8) is 0 Å². The van der Waals surface area contributed by atoms with Crippen molar-refractivity contribution in [3.8, 4) is 0 Å². The second-order valence-corrected chi connectivity index (χ2v) is 10.4. The first-order valence-corrected chi connectivity index (χ1v) is 9.95. The van der Waals surface area contributed by atoms with Gasteiger partial charge >= 0.3 is 0 Å². The van der Waals surface area contributed by atoms with Crippen LogP contribution < -0.4 is 0 Å². The minimum Gasteiger partial charge on any atom is -0.393 e. The predicted molar refractivity (Wildman–Crippen MR) is 91.6 cm³/mol. The molecule has 126 valence electrons. The van der Waals surface area contributed by atoms with E-state index in [-0.39, 0.29) is 11.5 Å². The molecule has 4 fully saturated rings. The van der Waals surface area contributed by atoms with E-state index in [0.717, 1.165) is 18.3 Å². The van der Waals surface area contributed by atoms with Gasteiger partial charge in [-0.25, -0.2) is 0 Å². The minimum atomic E-state index is -0.0501. The highest BCUT2D eigenvalue weighted by molar-refractivity contribution is 5.16. The monoisotopic (exact) mass is 304 g/mol. The lowest BCUT2D eigenvalue weighted by Crippen LogP contribution is -2.60. The molecule has 0 aromatic heterocycles. The summed E-state index contributed by atoms with van der Waals surface area (Å²) in [6.45, 7) is 10.2. The normalized spacial score (nSPS) is 61.2. The van der Waals surface area contributed by atoms with Gasteiger partial charge in [-0.3, -0.25) is 0 Å². The summed E-state index contributed by atoms with van der Waals surface area (Å²) in [7, 11) is 0. The van der Waals surface area contributed by atoms with Crippen molar-refractivity contribution < 1.29 is 5.11 Å². The molecule has 5 unspecified atom stereocenters. The average molecular weight is 305 g/mol. The Balaban J connectivity index is 1.74. The molecule has 4 rings (SSSR count). The number of aliphatic hydroxyl groups excluding tert-OH is 1. The number of aliphatic hydroxyl groups is 1. The molecule has 1 nitrogen and oxygen atoms in total. The summed E-state index contributed by atoms with van der Waals surface area (Å²) in [5, 5.41) is 10.7. The van der Waals surface area contributed by atoms with Crippen molar-refractivity contribution >= 4 is 0 Å². The molecule has 4 saturated carbocycles. The molecule has 0 aromatic rings. The van der Waals surface area contributed by atoms with Crippen molar-refractivity contribution in [2.75, 3.05) is 0 Å². The lowest BCUT2D eigenvalue weighted by molar-refractivity contribution is -0.189. The molecule has 0 heterocycles. The third kappa shape index (κ3) is 1.60. The summed E-state index contributed by atoms with van der Waals surface area (Å²) in [6, 6.07) is 0. The molecule has 0 bridgehead atoms. The minimum absolute atomic E-state index is 0.0501. The zero-order valence-electron chi connectivity index (χ0n) is 15.3. The Labute approximate surface area is 137 Å². The van der Waals surface area contributed by atoms with Gasteiger partial charge in [-0.15, -0.1) is 0 Å². The van der Waals surface area contributed by atoms with E-state index in [1.807, 2.05) is 0 Å². The topological polar surface area (TPSA) is 20.2 Å². The molecule has 0 saturated heterocycles. The maximum absolute atomic E-state index is 10.7. The fraction of sp³-hybridized carbons (Fsp3) is 1.00. The Kier molecular flexibility index (Phi) is 3.18. The lowest BCUT2D eigenvalue weighted by atomic mass is 9.38. The van der Waals surface area contributed by atoms with E-state index in [1.165, 1.54) is 57.8 Å². The van der Waals surface area contributed by atoms with E-state index in [9.17, 15) is 5.11 Å². The zero-order chi connectivity index (χ0) is 15.8. The summed E-state index contributed by atoms with van der Waals surface area (Å²) in [6.07, 6.45) is 13.6. The molecule has 0 aromatic carbocycles. The smallest absolute Gasteiger partial charge is 0.0599 e. The van der Waals surface area contributed by atoms with Gasteiger partial charge in [0.05, 0.1) is 6.10 Å². The predicted octanol–water partition coefficient (Wildman–Crippen LogP) is 5.56. The molecule has 1 N–H and O–H groups in total. The molecule has 7 atom stereocenters. The molecule has 1 heteroatoms. The van der Waals surface area contributed by atoms with Crippen LogP contribution >= 0.6 is 0 Å². The molecule has 0 radical (unpaired) electrons. The number of hydrogen-bond donors (Lipinski definition) is 1. The van der Waals surface area contributed by atoms with Crippen LogP contribution in [0.25, 0.3) is 0 Å². The maximum atomic E-state index is 10.7. The number of hydrogen-bond acceptors (Lipinski definition) is 1. The van der Waals surface area contributed by atoms with Crippen LogP contribution in [0.5, 0.6) is 0 Å². The Hall–Kier alpha value is -0.0400. The van der Waals surface area contributed by atoms with Gasteiger partial charge in [0.2, 0.25) is 0 Å². The maximum Gasteiger partial charge on any atom is 0.0599 e. The van der Waals surface area contributed by atoms with Gasteiger partial charge in [0, 0.05) is 0 Å². The van der Waals surface area contributed by atoms with Gasteiger partial charge in [0.1, 0.15) is 0 Å². The summed E-state index contributed by atoms with van der Waals surface area (Å²) in [4.78, 5) is 0. The Morgan fingerprint density at radius 1 is 0.636 bits per heavy atom. The van der Waals surface area contributed by atoms with Gasteiger partial charge in [-0.05, 0) is 84.9 Å². The molecule has 4 aliphatic rings. The van der Waals surface area contributed by atoms with E-state index in [1.54, 1.807) is 0 Å². The summed E-state index contributed by atoms with van der Waals surface area (Å²) in [5.74, 6) is 1.77. The van der Waals surface area contributed by atoms with E-state index < -0.39 is 0 Å². The Bertz CT molecular complexity index is 465. The molecular formula is C21H36O. The fourth-order valence-corrected chi connectivity index (χ4v) is 7.98. The molecule has 22 heavy (non-hydrogen) atoms. The third-order valence-corrected chi connectivity index (χ3v) is 10.1. The molecular weight excluding hydrogens is 268 g/mol. The largest absolute Gasteiger partial charge is 0.393 e. The van der Waals surface area contributed by atoms with Crippen LogP contribution in [0.3, 0.4) is 0 Å². The van der Waals surface area contributed by atoms with E-state index >= 15 is 0 Å². The standard InChI is InChI=1S/C21H36O/c1-18-10-5-6-11-19(18,2)15-8-13-21(4)17(22)9-14-20(21,3)16(15)7-12-18/h15-17,22H,5-14H2,1-4H3/t15?,16?,17?,18-,19?,20+,21?/m1/s1. The van der Waals surface area contributed by atoms with Gasteiger partial charge in [-0.1, -0.05) is 40.5 Å². The highest BCUT2D eigenvalue weighted by Crippen LogP contribution is 2.73. The van der Waals surface area contributed by atoms with E-state index in [4.69, 9.17) is 0 Å². The van der Waals surface area contributed by atoms with Crippen LogP contribution in [0.2, 0.25) is 0 Å².